The number of nitrogens with zero attached hydrogens (tertiary/aromatic N) is 1. The molecule has 3 N–H and O–H groups in total. The van der Waals surface area contributed by atoms with E-state index in [1.807, 2.05) is 0 Å². The minimum atomic E-state index is 0.883. The predicted octanol–water partition coefficient (Wildman–Crippen LogP) is 1.29. The highest BCUT2D eigenvalue weighted by atomic mass is 15.2. The molecule has 3 heteroatoms. The molecule has 0 atom stereocenters. The molecule has 88 valence electrons. The smallest absolute Gasteiger partial charge is 0.0320 e. The van der Waals surface area contributed by atoms with Crippen LogP contribution in [0.5, 0.6) is 0 Å². The zero-order valence-corrected chi connectivity index (χ0v) is 10.2. The van der Waals surface area contributed by atoms with Crippen molar-refractivity contribution in [3.05, 3.63) is 28.8 Å². The van der Waals surface area contributed by atoms with E-state index in [0.29, 0.717) is 0 Å². The Labute approximate surface area is 97.6 Å². The first-order valence-electron chi connectivity index (χ1n) is 5.95. The summed E-state index contributed by atoms with van der Waals surface area (Å²) in [6.07, 6.45) is 0. The van der Waals surface area contributed by atoms with E-state index in [0.717, 1.165) is 38.4 Å². The Morgan fingerprint density at radius 1 is 1.25 bits per heavy atom. The van der Waals surface area contributed by atoms with E-state index in [2.05, 4.69) is 36.2 Å². The molecule has 3 nitrogen and oxygen atoms in total. The van der Waals surface area contributed by atoms with Crippen LogP contribution < -0.4 is 11.1 Å². The van der Waals surface area contributed by atoms with Gasteiger partial charge in [-0.1, -0.05) is 0 Å². The molecule has 0 bridgehead atoms. The standard InChI is InChI=1S/C13H21N3/c1-10-7-13(14)8-12(11(10)2)9-16-5-3-15-4-6-16/h7-8,15H,3-6,9,14H2,1-2H3. The maximum absolute atomic E-state index is 5.90. The zero-order chi connectivity index (χ0) is 11.5. The van der Waals surface area contributed by atoms with Gasteiger partial charge >= 0.3 is 0 Å². The van der Waals surface area contributed by atoms with Crippen LogP contribution in [-0.4, -0.2) is 31.1 Å². The van der Waals surface area contributed by atoms with Crippen LogP contribution in [0, 0.1) is 13.8 Å². The first-order valence-corrected chi connectivity index (χ1v) is 5.95. The maximum Gasteiger partial charge on any atom is 0.0320 e. The van der Waals surface area contributed by atoms with Gasteiger partial charge in [0.1, 0.15) is 0 Å². The lowest BCUT2D eigenvalue weighted by Crippen LogP contribution is -2.43. The van der Waals surface area contributed by atoms with Crippen LogP contribution in [0.4, 0.5) is 5.69 Å². The molecule has 0 radical (unpaired) electrons. The number of aryl methyl sites for hydroxylation is 1. The summed E-state index contributed by atoms with van der Waals surface area (Å²) in [6.45, 7) is 9.81. The van der Waals surface area contributed by atoms with E-state index in [4.69, 9.17) is 5.73 Å². The predicted molar refractivity (Wildman–Crippen MR) is 68.5 cm³/mol. The van der Waals surface area contributed by atoms with Crippen LogP contribution in [0.2, 0.25) is 0 Å². The number of benzene rings is 1. The average molecular weight is 219 g/mol. The van der Waals surface area contributed by atoms with Crippen LogP contribution in [0.3, 0.4) is 0 Å². The molecule has 1 saturated heterocycles. The summed E-state index contributed by atoms with van der Waals surface area (Å²) in [5.41, 5.74) is 10.8. The van der Waals surface area contributed by atoms with Gasteiger partial charge in [-0.2, -0.15) is 0 Å². The normalized spacial score (nSPS) is 17.6. The van der Waals surface area contributed by atoms with Gasteiger partial charge in [-0.05, 0) is 42.7 Å². The van der Waals surface area contributed by atoms with Crippen molar-refractivity contribution in [2.24, 2.45) is 0 Å². The molecule has 0 aliphatic carbocycles. The highest BCUT2D eigenvalue weighted by molar-refractivity contribution is 5.48. The summed E-state index contributed by atoms with van der Waals surface area (Å²) in [5.74, 6) is 0. The fourth-order valence-electron chi connectivity index (χ4n) is 2.24. The lowest BCUT2D eigenvalue weighted by molar-refractivity contribution is 0.233. The summed E-state index contributed by atoms with van der Waals surface area (Å²) >= 11 is 0. The number of anilines is 1. The Kier molecular flexibility index (Phi) is 3.46. The average Bonchev–Trinajstić information content (AvgIpc) is 2.27. The number of nitrogens with two attached hydrogens (primary N) is 1. The summed E-state index contributed by atoms with van der Waals surface area (Å²) < 4.78 is 0. The maximum atomic E-state index is 5.90. The Morgan fingerprint density at radius 2 is 1.94 bits per heavy atom. The van der Waals surface area contributed by atoms with Gasteiger partial charge < -0.3 is 11.1 Å². The molecule has 1 aliphatic rings. The molecule has 1 aromatic carbocycles. The van der Waals surface area contributed by atoms with E-state index in [1.165, 1.54) is 16.7 Å². The first kappa shape index (κ1) is 11.4. The third-order valence-corrected chi connectivity index (χ3v) is 3.40. The molecule has 0 spiro atoms. The zero-order valence-electron chi connectivity index (χ0n) is 10.2. The van der Waals surface area contributed by atoms with Gasteiger partial charge in [0.05, 0.1) is 0 Å². The minimum Gasteiger partial charge on any atom is -0.399 e. The lowest BCUT2D eigenvalue weighted by atomic mass is 10.0. The van der Waals surface area contributed by atoms with Crippen molar-refractivity contribution in [1.82, 2.24) is 10.2 Å². The summed E-state index contributed by atoms with van der Waals surface area (Å²) in [4.78, 5) is 2.48. The van der Waals surface area contributed by atoms with Crippen LogP contribution in [0.1, 0.15) is 16.7 Å². The molecule has 16 heavy (non-hydrogen) atoms. The van der Waals surface area contributed by atoms with E-state index in [1.54, 1.807) is 0 Å². The highest BCUT2D eigenvalue weighted by Gasteiger charge is 2.12. The lowest BCUT2D eigenvalue weighted by Gasteiger charge is -2.28. The van der Waals surface area contributed by atoms with Gasteiger partial charge in [0.15, 0.2) is 0 Å². The van der Waals surface area contributed by atoms with Crippen LogP contribution in [-0.2, 0) is 6.54 Å². The largest absolute Gasteiger partial charge is 0.399 e. The SMILES string of the molecule is Cc1cc(N)cc(CN2CCNCC2)c1C. The van der Waals surface area contributed by atoms with Gasteiger partial charge in [-0.3, -0.25) is 4.90 Å². The van der Waals surface area contributed by atoms with Crippen molar-refractivity contribution < 1.29 is 0 Å². The first-order chi connectivity index (χ1) is 7.66. The number of nitrogen functional groups attached to an aromatic ring is 1. The molecule has 0 unspecified atom stereocenters. The van der Waals surface area contributed by atoms with Crippen molar-refractivity contribution >= 4 is 5.69 Å². The summed E-state index contributed by atoms with van der Waals surface area (Å²) in [6, 6.07) is 4.17. The molecular formula is C13H21N3. The van der Waals surface area contributed by atoms with Crippen molar-refractivity contribution in [2.45, 2.75) is 20.4 Å². The van der Waals surface area contributed by atoms with Crippen LogP contribution >= 0.6 is 0 Å². The number of piperazine rings is 1. The number of hydrogen-bond donors (Lipinski definition) is 2. The fourth-order valence-corrected chi connectivity index (χ4v) is 2.24. The number of rotatable bonds is 2. The van der Waals surface area contributed by atoms with Crippen molar-refractivity contribution in [3.8, 4) is 0 Å². The Balaban J connectivity index is 2.13. The fraction of sp³-hybridized carbons (Fsp3) is 0.538. The van der Waals surface area contributed by atoms with E-state index in [-0.39, 0.29) is 0 Å². The van der Waals surface area contributed by atoms with Crippen molar-refractivity contribution in [3.63, 3.8) is 0 Å². The summed E-state index contributed by atoms with van der Waals surface area (Å²) in [5, 5.41) is 3.37. The number of hydrogen-bond acceptors (Lipinski definition) is 3. The van der Waals surface area contributed by atoms with E-state index >= 15 is 0 Å². The van der Waals surface area contributed by atoms with Crippen LogP contribution in [0.25, 0.3) is 0 Å². The molecule has 0 amide bonds. The third kappa shape index (κ3) is 2.54. The second kappa shape index (κ2) is 4.85. The summed E-state index contributed by atoms with van der Waals surface area (Å²) in [7, 11) is 0. The van der Waals surface area contributed by atoms with Crippen LogP contribution in [0.15, 0.2) is 12.1 Å². The van der Waals surface area contributed by atoms with Gasteiger partial charge in [0.2, 0.25) is 0 Å². The van der Waals surface area contributed by atoms with Crippen molar-refractivity contribution in [2.75, 3.05) is 31.9 Å². The Morgan fingerprint density at radius 3 is 2.62 bits per heavy atom. The molecule has 2 rings (SSSR count). The Bertz CT molecular complexity index is 368. The molecular weight excluding hydrogens is 198 g/mol. The van der Waals surface area contributed by atoms with E-state index in [9.17, 15) is 0 Å². The molecule has 1 aliphatic heterocycles. The quantitative estimate of drug-likeness (QED) is 0.737. The molecule has 1 aromatic rings. The molecule has 0 saturated carbocycles. The second-order valence-corrected chi connectivity index (χ2v) is 4.65. The van der Waals surface area contributed by atoms with E-state index < -0.39 is 0 Å². The molecule has 0 aromatic heterocycles. The van der Waals surface area contributed by atoms with Crippen molar-refractivity contribution in [1.29, 1.82) is 0 Å². The topological polar surface area (TPSA) is 41.3 Å². The minimum absolute atomic E-state index is 0.883. The molecule has 1 fully saturated rings. The van der Waals surface area contributed by atoms with Gasteiger partial charge in [0.25, 0.3) is 0 Å². The molecule has 1 heterocycles. The number of nitrogens with one attached hydrogen (secondary N) is 1. The van der Waals surface area contributed by atoms with Gasteiger partial charge in [-0.25, -0.2) is 0 Å². The van der Waals surface area contributed by atoms with Gasteiger partial charge in [-0.15, -0.1) is 0 Å². The van der Waals surface area contributed by atoms with Gasteiger partial charge in [0, 0.05) is 38.4 Å². The highest BCUT2D eigenvalue weighted by Crippen LogP contribution is 2.19. The Hall–Kier alpha value is -1.06. The monoisotopic (exact) mass is 219 g/mol. The second-order valence-electron chi connectivity index (χ2n) is 4.65. The third-order valence-electron chi connectivity index (χ3n) is 3.40.